The standard InChI is InChI=1S/C53H92O15/c1-3-5-7-9-11-13-15-17-19-20-22-24-26-28-30-32-34-36-45(56)66-41(38-63-44(55)35-33-31-29-27-25-23-21-18-16-14-12-10-8-6-4-2)39-64-52-51(62)49(60)47(58)43(68-52)40-65-53-50(61)48(59)46(57)42(37-54)67-53/h4,17,19,22,24,28,30,41-43,46-54,57-62H,2-3,5-16,18,20-21,23,25-27,29,31-40H2,1H3/b19-17+,24-22+,30-28+/t41-,42+,43+,46-,47-,48?,49?,50?,51?,52+,53+/m1/s1. The molecule has 0 saturated carbocycles. The SMILES string of the molecule is C=CCCCCCCCCCCCCCCCC(=O)OC[C@H](CO[C@H]1O[C@@H](CO[C@H]2O[C@@H](CO)[C@@H](O)C(O)C2O)[C@@H](O)C(O)C1O)OC(=O)CCC/C=C/C/C=C/C/C=C/CCCCCCCC. The van der Waals surface area contributed by atoms with E-state index in [1.165, 1.54) is 96.3 Å². The van der Waals surface area contributed by atoms with Crippen molar-refractivity contribution in [1.82, 2.24) is 0 Å². The predicted molar refractivity (Wildman–Crippen MR) is 261 cm³/mol. The Morgan fingerprint density at radius 2 is 0.971 bits per heavy atom. The van der Waals surface area contributed by atoms with Gasteiger partial charge in [-0.2, -0.15) is 0 Å². The minimum Gasteiger partial charge on any atom is -0.462 e. The molecule has 4 unspecified atom stereocenters. The molecule has 15 heteroatoms. The van der Waals surface area contributed by atoms with Crippen LogP contribution in [0.4, 0.5) is 0 Å². The molecule has 2 aliphatic heterocycles. The Labute approximate surface area is 408 Å². The molecular formula is C53H92O15. The lowest BCUT2D eigenvalue weighted by Gasteiger charge is -2.42. The molecular weight excluding hydrogens is 877 g/mol. The molecule has 0 aromatic heterocycles. The molecule has 0 bridgehead atoms. The van der Waals surface area contributed by atoms with Gasteiger partial charge in [-0.15, -0.1) is 6.58 Å². The van der Waals surface area contributed by atoms with Gasteiger partial charge in [0.15, 0.2) is 18.7 Å². The average molecular weight is 969 g/mol. The monoisotopic (exact) mass is 969 g/mol. The summed E-state index contributed by atoms with van der Waals surface area (Å²) in [5.74, 6) is -0.988. The molecule has 0 aromatic carbocycles. The highest BCUT2D eigenvalue weighted by Crippen LogP contribution is 2.26. The summed E-state index contributed by atoms with van der Waals surface area (Å²) in [4.78, 5) is 25.7. The normalized spacial score (nSPS) is 25.9. The number of carbonyl (C=O) groups is 2. The number of unbranched alkanes of at least 4 members (excludes halogenated alkanes) is 20. The maximum atomic E-state index is 13.0. The Hall–Kier alpha value is -2.54. The van der Waals surface area contributed by atoms with Gasteiger partial charge in [-0.05, 0) is 57.8 Å². The van der Waals surface area contributed by atoms with Gasteiger partial charge in [0, 0.05) is 12.8 Å². The molecule has 0 amide bonds. The topological polar surface area (TPSA) is 231 Å². The molecule has 0 spiro atoms. The molecule has 2 rings (SSSR count). The number of hydrogen-bond acceptors (Lipinski definition) is 15. The van der Waals surface area contributed by atoms with Crippen LogP contribution in [0.25, 0.3) is 0 Å². The number of rotatable bonds is 41. The molecule has 0 aliphatic carbocycles. The van der Waals surface area contributed by atoms with Crippen molar-refractivity contribution in [1.29, 1.82) is 0 Å². The molecule has 2 heterocycles. The van der Waals surface area contributed by atoms with E-state index in [2.05, 4.69) is 43.9 Å². The van der Waals surface area contributed by atoms with Gasteiger partial charge in [-0.3, -0.25) is 9.59 Å². The smallest absolute Gasteiger partial charge is 0.306 e. The zero-order valence-corrected chi connectivity index (χ0v) is 41.4. The summed E-state index contributed by atoms with van der Waals surface area (Å²) in [6, 6.07) is 0. The molecule has 15 nitrogen and oxygen atoms in total. The first kappa shape index (κ1) is 61.6. The molecule has 7 N–H and O–H groups in total. The van der Waals surface area contributed by atoms with Crippen molar-refractivity contribution < 1.29 is 73.8 Å². The van der Waals surface area contributed by atoms with Crippen molar-refractivity contribution in [2.24, 2.45) is 0 Å². The number of aliphatic hydroxyl groups excluding tert-OH is 7. The van der Waals surface area contributed by atoms with Crippen LogP contribution in [0, 0.1) is 0 Å². The number of hydrogen-bond donors (Lipinski definition) is 7. The van der Waals surface area contributed by atoms with Crippen LogP contribution in [0.15, 0.2) is 49.1 Å². The van der Waals surface area contributed by atoms with E-state index in [0.29, 0.717) is 19.3 Å². The van der Waals surface area contributed by atoms with Gasteiger partial charge in [0.2, 0.25) is 0 Å². The van der Waals surface area contributed by atoms with Gasteiger partial charge in [0.1, 0.15) is 55.4 Å². The summed E-state index contributed by atoms with van der Waals surface area (Å²) in [7, 11) is 0. The average Bonchev–Trinajstić information content (AvgIpc) is 3.33. The summed E-state index contributed by atoms with van der Waals surface area (Å²) in [6.45, 7) is 4.06. The van der Waals surface area contributed by atoms with E-state index in [-0.39, 0.29) is 19.4 Å². The van der Waals surface area contributed by atoms with Crippen molar-refractivity contribution in [3.8, 4) is 0 Å². The van der Waals surface area contributed by atoms with Crippen molar-refractivity contribution in [2.45, 2.75) is 248 Å². The van der Waals surface area contributed by atoms with Gasteiger partial charge in [-0.1, -0.05) is 152 Å². The van der Waals surface area contributed by atoms with Crippen LogP contribution in [0.5, 0.6) is 0 Å². The zero-order chi connectivity index (χ0) is 49.6. The highest BCUT2D eigenvalue weighted by molar-refractivity contribution is 5.70. The summed E-state index contributed by atoms with van der Waals surface area (Å²) < 4.78 is 33.5. The first-order chi connectivity index (χ1) is 33.0. The van der Waals surface area contributed by atoms with Gasteiger partial charge in [-0.25, -0.2) is 0 Å². The zero-order valence-electron chi connectivity index (χ0n) is 41.4. The molecule has 0 aromatic rings. The maximum absolute atomic E-state index is 13.0. The third-order valence-electron chi connectivity index (χ3n) is 12.4. The van der Waals surface area contributed by atoms with Crippen molar-refractivity contribution in [3.63, 3.8) is 0 Å². The molecule has 2 aliphatic rings. The first-order valence-corrected chi connectivity index (χ1v) is 26.2. The fourth-order valence-corrected chi connectivity index (χ4v) is 8.10. The lowest BCUT2D eigenvalue weighted by Crippen LogP contribution is -2.61. The van der Waals surface area contributed by atoms with Gasteiger partial charge < -0.3 is 64.2 Å². The van der Waals surface area contributed by atoms with Crippen LogP contribution < -0.4 is 0 Å². The van der Waals surface area contributed by atoms with Gasteiger partial charge in [0.25, 0.3) is 0 Å². The Bertz CT molecular complexity index is 1360. The van der Waals surface area contributed by atoms with Crippen LogP contribution in [-0.2, 0) is 38.0 Å². The number of allylic oxidation sites excluding steroid dienone is 7. The Morgan fingerprint density at radius 1 is 0.515 bits per heavy atom. The van der Waals surface area contributed by atoms with Crippen LogP contribution in [0.3, 0.4) is 0 Å². The summed E-state index contributed by atoms with van der Waals surface area (Å²) in [5.41, 5.74) is 0. The summed E-state index contributed by atoms with van der Waals surface area (Å²) in [5, 5.41) is 72.1. The van der Waals surface area contributed by atoms with E-state index in [1.807, 2.05) is 12.2 Å². The van der Waals surface area contributed by atoms with Crippen LogP contribution >= 0.6 is 0 Å². The van der Waals surface area contributed by atoms with E-state index in [9.17, 15) is 45.3 Å². The highest BCUT2D eigenvalue weighted by Gasteiger charge is 2.47. The van der Waals surface area contributed by atoms with Crippen molar-refractivity contribution in [2.75, 3.05) is 26.4 Å². The van der Waals surface area contributed by atoms with E-state index in [1.54, 1.807) is 0 Å². The summed E-state index contributed by atoms with van der Waals surface area (Å²) >= 11 is 0. The number of esters is 2. The Balaban J connectivity index is 1.83. The van der Waals surface area contributed by atoms with Crippen molar-refractivity contribution in [3.05, 3.63) is 49.1 Å². The minimum absolute atomic E-state index is 0.0925. The van der Waals surface area contributed by atoms with E-state index in [4.69, 9.17) is 28.4 Å². The lowest BCUT2D eigenvalue weighted by atomic mass is 9.98. The second-order valence-electron chi connectivity index (χ2n) is 18.4. The molecule has 0 radical (unpaired) electrons. The Morgan fingerprint density at radius 3 is 1.53 bits per heavy atom. The van der Waals surface area contributed by atoms with Crippen LogP contribution in [0.1, 0.15) is 180 Å². The maximum Gasteiger partial charge on any atom is 0.306 e. The minimum atomic E-state index is -1.77. The quantitative estimate of drug-likeness (QED) is 0.0179. The van der Waals surface area contributed by atoms with Crippen LogP contribution in [0.2, 0.25) is 0 Å². The van der Waals surface area contributed by atoms with Crippen LogP contribution in [-0.4, -0.2) is 142 Å². The largest absolute Gasteiger partial charge is 0.462 e. The third kappa shape index (κ3) is 27.7. The van der Waals surface area contributed by atoms with Gasteiger partial charge >= 0.3 is 11.9 Å². The molecule has 2 fully saturated rings. The predicted octanol–water partition coefficient (Wildman–Crippen LogP) is 7.49. The first-order valence-electron chi connectivity index (χ1n) is 26.2. The van der Waals surface area contributed by atoms with E-state index >= 15 is 0 Å². The lowest BCUT2D eigenvalue weighted by molar-refractivity contribution is -0.332. The fourth-order valence-electron chi connectivity index (χ4n) is 8.10. The fraction of sp³-hybridized carbons (Fsp3) is 0.811. The molecule has 11 atom stereocenters. The second-order valence-corrected chi connectivity index (χ2v) is 18.4. The Kier molecular flexibility index (Phi) is 36.3. The summed E-state index contributed by atoms with van der Waals surface area (Å²) in [6.07, 6.45) is 26.1. The van der Waals surface area contributed by atoms with E-state index < -0.39 is 99.3 Å². The van der Waals surface area contributed by atoms with E-state index in [0.717, 1.165) is 44.9 Å². The third-order valence-corrected chi connectivity index (χ3v) is 12.4. The van der Waals surface area contributed by atoms with Crippen molar-refractivity contribution >= 4 is 11.9 Å². The highest BCUT2D eigenvalue weighted by atomic mass is 16.7. The number of aliphatic hydroxyl groups is 7. The molecule has 68 heavy (non-hydrogen) atoms. The molecule has 394 valence electrons. The second kappa shape index (κ2) is 40.1. The molecule has 2 saturated heterocycles. The number of carbonyl (C=O) groups excluding carboxylic acids is 2. The number of ether oxygens (including phenoxy) is 6. The van der Waals surface area contributed by atoms with Gasteiger partial charge in [0.05, 0.1) is 19.8 Å².